The number of hydrazine groups is 1. The second-order valence-electron chi connectivity index (χ2n) is 8.74. The van der Waals surface area contributed by atoms with Crippen LogP contribution in [0, 0.1) is 0 Å². The highest BCUT2D eigenvalue weighted by Crippen LogP contribution is 2.36. The van der Waals surface area contributed by atoms with Gasteiger partial charge >= 0.3 is 0 Å². The Hall–Kier alpha value is -3.59. The summed E-state index contributed by atoms with van der Waals surface area (Å²) in [5, 5.41) is 3.66. The second kappa shape index (κ2) is 10.0. The third-order valence-electron chi connectivity index (χ3n) is 6.43. The Bertz CT molecular complexity index is 1470. The third kappa shape index (κ3) is 4.64. The quantitative estimate of drug-likeness (QED) is 0.394. The number of fused-ring (bicyclic) bond motifs is 2. The third-order valence-corrected chi connectivity index (χ3v) is 6.87. The van der Waals surface area contributed by atoms with Crippen LogP contribution in [0.3, 0.4) is 0 Å². The summed E-state index contributed by atoms with van der Waals surface area (Å²) in [6, 6.07) is 14.8. The number of anilines is 2. The minimum atomic E-state index is -0.253. The fraction of sp³-hybridized carbons (Fsp3) is 0.222. The largest absolute Gasteiger partial charge is 0.489 e. The number of ether oxygens (including phenoxy) is 2. The van der Waals surface area contributed by atoms with Gasteiger partial charge < -0.3 is 14.4 Å². The molecule has 0 atom stereocenters. The van der Waals surface area contributed by atoms with E-state index in [4.69, 9.17) is 37.7 Å². The second-order valence-corrected chi connectivity index (χ2v) is 9.62. The molecule has 1 fully saturated rings. The monoisotopic (exact) mass is 535 g/mol. The number of nitrogens with zero attached hydrogens (tertiary/aromatic N) is 4. The first-order valence-corrected chi connectivity index (χ1v) is 12.7. The summed E-state index contributed by atoms with van der Waals surface area (Å²) >= 11 is 12.6. The lowest BCUT2D eigenvalue weighted by Gasteiger charge is -2.33. The van der Waals surface area contributed by atoms with Crippen molar-refractivity contribution >= 4 is 51.4 Å². The van der Waals surface area contributed by atoms with Crippen molar-refractivity contribution in [1.29, 1.82) is 0 Å². The van der Waals surface area contributed by atoms with E-state index < -0.39 is 0 Å². The fourth-order valence-electron chi connectivity index (χ4n) is 4.78. The molecule has 6 rings (SSSR count). The van der Waals surface area contributed by atoms with Crippen LogP contribution in [0.25, 0.3) is 22.2 Å². The molecule has 2 aliphatic rings. The number of hydrogen-bond donors (Lipinski definition) is 1. The normalized spacial score (nSPS) is 15.3. The molecule has 1 amide bonds. The van der Waals surface area contributed by atoms with Crippen LogP contribution in [0.2, 0.25) is 10.0 Å². The predicted molar refractivity (Wildman–Crippen MR) is 145 cm³/mol. The van der Waals surface area contributed by atoms with Crippen LogP contribution in [0.15, 0.2) is 60.9 Å². The molecule has 0 spiro atoms. The minimum absolute atomic E-state index is 0.253. The number of halogens is 2. The van der Waals surface area contributed by atoms with Gasteiger partial charge in [0.15, 0.2) is 0 Å². The van der Waals surface area contributed by atoms with E-state index in [0.29, 0.717) is 66.3 Å². The first-order chi connectivity index (χ1) is 18.1. The number of benzene rings is 2. The van der Waals surface area contributed by atoms with Gasteiger partial charge in [0.05, 0.1) is 47.9 Å². The van der Waals surface area contributed by atoms with Gasteiger partial charge in [-0.1, -0.05) is 35.3 Å². The highest BCUT2D eigenvalue weighted by atomic mass is 35.5. The Morgan fingerprint density at radius 3 is 2.54 bits per heavy atom. The number of rotatable bonds is 4. The maximum Gasteiger partial charge on any atom is 0.273 e. The van der Waals surface area contributed by atoms with Crippen LogP contribution in [-0.2, 0) is 4.74 Å². The highest BCUT2D eigenvalue weighted by molar-refractivity contribution is 6.35. The van der Waals surface area contributed by atoms with E-state index in [0.717, 1.165) is 28.1 Å². The molecule has 1 saturated heterocycles. The summed E-state index contributed by atoms with van der Waals surface area (Å²) in [5.41, 5.74) is 7.20. The Labute approximate surface area is 223 Å². The summed E-state index contributed by atoms with van der Waals surface area (Å²) < 4.78 is 11.3. The number of carbonyl (C=O) groups is 1. The first-order valence-electron chi connectivity index (χ1n) is 12.0. The molecule has 0 aliphatic carbocycles. The molecule has 8 nitrogen and oxygen atoms in total. The summed E-state index contributed by atoms with van der Waals surface area (Å²) in [6.07, 6.45) is 3.34. The minimum Gasteiger partial charge on any atom is -0.489 e. The fourth-order valence-corrected chi connectivity index (χ4v) is 5.30. The molecule has 2 aromatic carbocycles. The van der Waals surface area contributed by atoms with E-state index in [1.807, 2.05) is 47.5 Å². The zero-order valence-corrected chi connectivity index (χ0v) is 21.3. The highest BCUT2D eigenvalue weighted by Gasteiger charge is 2.26. The van der Waals surface area contributed by atoms with E-state index in [-0.39, 0.29) is 5.91 Å². The van der Waals surface area contributed by atoms with Crippen LogP contribution in [-0.4, -0.2) is 55.3 Å². The van der Waals surface area contributed by atoms with Gasteiger partial charge in [0, 0.05) is 46.5 Å². The molecule has 188 valence electrons. The molecule has 0 unspecified atom stereocenters. The van der Waals surface area contributed by atoms with Gasteiger partial charge in [-0.2, -0.15) is 0 Å². The number of carbonyl (C=O) groups excluding carboxylic acids is 1. The van der Waals surface area contributed by atoms with Crippen molar-refractivity contribution in [3.63, 3.8) is 0 Å². The molecule has 4 aromatic rings. The zero-order valence-electron chi connectivity index (χ0n) is 19.8. The summed E-state index contributed by atoms with van der Waals surface area (Å²) in [6.45, 7) is 3.45. The number of hydrogen-bond acceptors (Lipinski definition) is 7. The van der Waals surface area contributed by atoms with E-state index in [1.54, 1.807) is 18.5 Å². The first kappa shape index (κ1) is 23.8. The lowest BCUT2D eigenvalue weighted by Crippen LogP contribution is -2.47. The molecule has 37 heavy (non-hydrogen) atoms. The lowest BCUT2D eigenvalue weighted by atomic mass is 10.0. The molecular weight excluding hydrogens is 513 g/mol. The van der Waals surface area contributed by atoms with Crippen LogP contribution < -0.4 is 20.1 Å². The van der Waals surface area contributed by atoms with Gasteiger partial charge in [0.2, 0.25) is 0 Å². The molecule has 0 bridgehead atoms. The molecule has 1 N–H and O–H groups in total. The molecule has 2 aromatic heterocycles. The smallest absolute Gasteiger partial charge is 0.273 e. The van der Waals surface area contributed by atoms with Gasteiger partial charge in [-0.15, -0.1) is 0 Å². The Morgan fingerprint density at radius 2 is 1.73 bits per heavy atom. The average Bonchev–Trinajstić information content (AvgIpc) is 2.92. The number of para-hydroxylation sites is 2. The zero-order chi connectivity index (χ0) is 25.4. The molecule has 4 heterocycles. The SMILES string of the molecule is O=C(NN1CCOc2ccccc21)c1cnc2c(-c3cc(Cl)cc(Cl)c3)nccc2c1N1CCOCC1. The van der Waals surface area contributed by atoms with Crippen LogP contribution >= 0.6 is 23.2 Å². The maximum atomic E-state index is 13.7. The van der Waals surface area contributed by atoms with Crippen molar-refractivity contribution in [1.82, 2.24) is 15.4 Å². The summed E-state index contributed by atoms with van der Waals surface area (Å²) in [4.78, 5) is 25.2. The van der Waals surface area contributed by atoms with E-state index in [1.165, 1.54) is 0 Å². The standard InChI is InChI=1S/C27H23Cl2N5O3/c28-18-13-17(14-19(29)15-18)24-25-20(5-6-30-24)26(33-7-10-36-11-8-33)21(16-31-25)27(35)32-34-9-12-37-23-4-2-1-3-22(23)34/h1-6,13-16H,7-12H2,(H,32,35). The van der Waals surface area contributed by atoms with Crippen molar-refractivity contribution in [2.45, 2.75) is 0 Å². The van der Waals surface area contributed by atoms with E-state index in [2.05, 4.69) is 15.3 Å². The molecular formula is C27H23Cl2N5O3. The van der Waals surface area contributed by atoms with Crippen molar-refractivity contribution in [3.8, 4) is 17.0 Å². The van der Waals surface area contributed by atoms with E-state index >= 15 is 0 Å². The molecule has 0 saturated carbocycles. The Balaban J connectivity index is 1.45. The van der Waals surface area contributed by atoms with Crippen LogP contribution in [0.4, 0.5) is 11.4 Å². The van der Waals surface area contributed by atoms with Gasteiger partial charge in [-0.05, 0) is 36.4 Å². The van der Waals surface area contributed by atoms with Crippen molar-refractivity contribution in [3.05, 3.63) is 76.5 Å². The summed E-state index contributed by atoms with van der Waals surface area (Å²) in [5.74, 6) is 0.478. The number of nitrogens with one attached hydrogen (secondary N) is 1. The van der Waals surface area contributed by atoms with Crippen LogP contribution in [0.5, 0.6) is 5.75 Å². The van der Waals surface area contributed by atoms with Gasteiger partial charge in [-0.3, -0.25) is 25.2 Å². The van der Waals surface area contributed by atoms with Crippen molar-refractivity contribution in [2.24, 2.45) is 0 Å². The summed E-state index contributed by atoms with van der Waals surface area (Å²) in [7, 11) is 0. The Morgan fingerprint density at radius 1 is 0.946 bits per heavy atom. The Kier molecular flexibility index (Phi) is 6.46. The lowest BCUT2D eigenvalue weighted by molar-refractivity contribution is 0.0943. The van der Waals surface area contributed by atoms with Gasteiger partial charge in [0.25, 0.3) is 5.91 Å². The average molecular weight is 536 g/mol. The van der Waals surface area contributed by atoms with Crippen molar-refractivity contribution < 1.29 is 14.3 Å². The molecule has 2 aliphatic heterocycles. The topological polar surface area (TPSA) is 79.8 Å². The number of pyridine rings is 2. The van der Waals surface area contributed by atoms with Crippen LogP contribution in [0.1, 0.15) is 10.4 Å². The maximum absolute atomic E-state index is 13.7. The van der Waals surface area contributed by atoms with E-state index in [9.17, 15) is 4.79 Å². The molecule has 0 radical (unpaired) electrons. The van der Waals surface area contributed by atoms with Gasteiger partial charge in [0.1, 0.15) is 12.4 Å². The molecule has 10 heteroatoms. The van der Waals surface area contributed by atoms with Gasteiger partial charge in [-0.25, -0.2) is 0 Å². The number of morpholine rings is 1. The predicted octanol–water partition coefficient (Wildman–Crippen LogP) is 4.98. The number of aromatic nitrogens is 2. The van der Waals surface area contributed by atoms with Crippen molar-refractivity contribution in [2.75, 3.05) is 49.4 Å². The number of amides is 1.